The molecule has 0 aromatic carbocycles. The van der Waals surface area contributed by atoms with Gasteiger partial charge in [-0.05, 0) is 45.3 Å². The molecule has 0 aliphatic carbocycles. The highest BCUT2D eigenvalue weighted by Gasteiger charge is 2.44. The van der Waals surface area contributed by atoms with Gasteiger partial charge in [0.15, 0.2) is 8.32 Å². The lowest BCUT2D eigenvalue weighted by atomic mass is 9.94. The van der Waals surface area contributed by atoms with E-state index in [4.69, 9.17) is 4.74 Å². The fourth-order valence-electron chi connectivity index (χ4n) is 2.44. The summed E-state index contributed by atoms with van der Waals surface area (Å²) in [6.07, 6.45) is -0.209. The topological polar surface area (TPSA) is 70.0 Å². The second-order valence-electron chi connectivity index (χ2n) is 8.36. The van der Waals surface area contributed by atoms with E-state index in [0.717, 1.165) is 0 Å². The summed E-state index contributed by atoms with van der Waals surface area (Å²) in [5.41, 5.74) is -0.528. The average molecular weight is 318 g/mol. The zero-order chi connectivity index (χ0) is 16.6. The molecule has 1 aliphatic rings. The number of nitrogens with zero attached hydrogens (tertiary/aromatic N) is 1. The first-order chi connectivity index (χ1) is 9.23. The average Bonchev–Trinajstić information content (AvgIpc) is 2.55. The van der Waals surface area contributed by atoms with Gasteiger partial charge in [-0.1, -0.05) is 13.8 Å². The molecule has 1 saturated heterocycles. The number of hydrogen-bond donors (Lipinski definition) is 2. The molecule has 2 atom stereocenters. The van der Waals surface area contributed by atoms with Crippen molar-refractivity contribution in [1.29, 1.82) is 0 Å². The predicted octanol–water partition coefficient (Wildman–Crippen LogP) is 2.58. The summed E-state index contributed by atoms with van der Waals surface area (Å²) >= 11 is 0. The number of aliphatic hydroxyl groups excluding tert-OH is 1. The number of hydrogen-bond acceptors (Lipinski definition) is 4. The quantitative estimate of drug-likeness (QED) is 0.785. The third-order valence-electron chi connectivity index (χ3n) is 4.49. The Hall–Kier alpha value is -0.593. The van der Waals surface area contributed by atoms with E-state index in [0.29, 0.717) is 19.5 Å². The minimum atomic E-state index is -2.32. The number of amides is 1. The molecule has 1 aliphatic heterocycles. The van der Waals surface area contributed by atoms with Gasteiger partial charge in [0, 0.05) is 12.5 Å². The van der Waals surface area contributed by atoms with Crippen LogP contribution in [0.4, 0.5) is 4.79 Å². The molecule has 0 radical (unpaired) electrons. The first-order valence-electron chi connectivity index (χ1n) is 7.61. The molecule has 0 bridgehead atoms. The van der Waals surface area contributed by atoms with Crippen LogP contribution in [-0.2, 0) is 4.74 Å². The van der Waals surface area contributed by atoms with Crippen LogP contribution >= 0.6 is 0 Å². The van der Waals surface area contributed by atoms with Crippen LogP contribution in [0.3, 0.4) is 0 Å². The third-order valence-corrected chi connectivity index (χ3v) is 8.00. The van der Waals surface area contributed by atoms with Crippen LogP contribution in [0.5, 0.6) is 0 Å². The molecule has 2 N–H and O–H groups in total. The van der Waals surface area contributed by atoms with Gasteiger partial charge in [-0.2, -0.15) is 0 Å². The monoisotopic (exact) mass is 317 g/mol. The second kappa shape index (κ2) is 5.89. The van der Waals surface area contributed by atoms with Crippen LogP contribution in [0.25, 0.3) is 0 Å². The molecule has 0 aromatic rings. The highest BCUT2D eigenvalue weighted by atomic mass is 28.4. The van der Waals surface area contributed by atoms with E-state index in [1.165, 1.54) is 0 Å². The SMILES string of the molecule is CC(C)(C)OC(=O)N1CC(O)C(CC(C)(C)[Si](C)(C)O)C1. The van der Waals surface area contributed by atoms with Gasteiger partial charge >= 0.3 is 6.09 Å². The van der Waals surface area contributed by atoms with Crippen molar-refractivity contribution >= 4 is 14.4 Å². The molecule has 0 spiro atoms. The van der Waals surface area contributed by atoms with Gasteiger partial charge in [0.2, 0.25) is 0 Å². The molecule has 1 fully saturated rings. The molecule has 21 heavy (non-hydrogen) atoms. The van der Waals surface area contributed by atoms with E-state index in [1.54, 1.807) is 4.90 Å². The summed E-state index contributed by atoms with van der Waals surface area (Å²) in [5, 5.41) is 10.0. The third kappa shape index (κ3) is 4.97. The standard InChI is InChI=1S/C15H31NO4Si/c1-14(2,3)20-13(18)16-9-11(12(17)10-16)8-15(4,5)21(6,7)19/h11-12,17,19H,8-10H2,1-7H3. The van der Waals surface area contributed by atoms with Gasteiger partial charge in [0.25, 0.3) is 0 Å². The van der Waals surface area contributed by atoms with Crippen LogP contribution < -0.4 is 0 Å². The highest BCUT2D eigenvalue weighted by Crippen LogP contribution is 2.43. The molecular formula is C15H31NO4Si. The van der Waals surface area contributed by atoms with E-state index < -0.39 is 20.0 Å². The van der Waals surface area contributed by atoms with Crippen LogP contribution in [0, 0.1) is 5.92 Å². The van der Waals surface area contributed by atoms with Crippen molar-refractivity contribution in [1.82, 2.24) is 4.90 Å². The summed E-state index contributed by atoms with van der Waals surface area (Å²) in [6.45, 7) is 14.2. The Morgan fingerprint density at radius 1 is 1.24 bits per heavy atom. The van der Waals surface area contributed by atoms with Gasteiger partial charge < -0.3 is 19.5 Å². The molecular weight excluding hydrogens is 286 g/mol. The maximum atomic E-state index is 12.1. The Morgan fingerprint density at radius 2 is 1.76 bits per heavy atom. The maximum Gasteiger partial charge on any atom is 0.410 e. The first-order valence-corrected chi connectivity index (χ1v) is 10.6. The Labute approximate surface area is 129 Å². The number of rotatable bonds is 3. The maximum absolute atomic E-state index is 12.1. The molecule has 0 aromatic heterocycles. The minimum absolute atomic E-state index is 0.00792. The minimum Gasteiger partial charge on any atom is -0.444 e. The lowest BCUT2D eigenvalue weighted by Crippen LogP contribution is -2.41. The summed E-state index contributed by atoms with van der Waals surface area (Å²) in [6, 6.07) is 0. The summed E-state index contributed by atoms with van der Waals surface area (Å²) in [4.78, 5) is 24.0. The molecule has 0 saturated carbocycles. The highest BCUT2D eigenvalue weighted by molar-refractivity contribution is 6.72. The normalized spacial score (nSPS) is 24.3. The fourth-order valence-corrected chi connectivity index (χ4v) is 3.20. The van der Waals surface area contributed by atoms with Gasteiger partial charge in [-0.25, -0.2) is 4.79 Å². The van der Waals surface area contributed by atoms with E-state index in [2.05, 4.69) is 0 Å². The van der Waals surface area contributed by atoms with Crippen molar-refractivity contribution in [2.24, 2.45) is 5.92 Å². The van der Waals surface area contributed by atoms with Crippen LogP contribution in [0.2, 0.25) is 18.1 Å². The van der Waals surface area contributed by atoms with Gasteiger partial charge in [0.1, 0.15) is 5.60 Å². The number of carbonyl (C=O) groups excluding carboxylic acids is 1. The Bertz CT molecular complexity index is 384. The fraction of sp³-hybridized carbons (Fsp3) is 0.933. The lowest BCUT2D eigenvalue weighted by molar-refractivity contribution is 0.0269. The van der Waals surface area contributed by atoms with Gasteiger partial charge in [0.05, 0.1) is 12.6 Å². The van der Waals surface area contributed by atoms with Crippen molar-refractivity contribution in [2.75, 3.05) is 13.1 Å². The van der Waals surface area contributed by atoms with Crippen molar-refractivity contribution in [3.8, 4) is 0 Å². The summed E-state index contributed by atoms with van der Waals surface area (Å²) in [7, 11) is -2.32. The molecule has 2 unspecified atom stereocenters. The first kappa shape index (κ1) is 18.5. The molecule has 1 heterocycles. The van der Waals surface area contributed by atoms with Crippen molar-refractivity contribution in [2.45, 2.75) is 70.9 Å². The molecule has 1 rings (SSSR count). The lowest BCUT2D eigenvalue weighted by Gasteiger charge is -2.37. The Kier molecular flexibility index (Phi) is 5.18. The van der Waals surface area contributed by atoms with E-state index in [-0.39, 0.29) is 17.0 Å². The molecule has 6 heteroatoms. The van der Waals surface area contributed by atoms with E-state index in [9.17, 15) is 14.7 Å². The van der Waals surface area contributed by atoms with Gasteiger partial charge in [-0.3, -0.25) is 0 Å². The number of likely N-dealkylation sites (tertiary alicyclic amines) is 1. The zero-order valence-electron chi connectivity index (χ0n) is 14.4. The van der Waals surface area contributed by atoms with Gasteiger partial charge in [-0.15, -0.1) is 0 Å². The van der Waals surface area contributed by atoms with Crippen LogP contribution in [0.1, 0.15) is 41.0 Å². The van der Waals surface area contributed by atoms with Crippen LogP contribution in [0.15, 0.2) is 0 Å². The van der Waals surface area contributed by atoms with Crippen molar-refractivity contribution in [3.63, 3.8) is 0 Å². The Balaban J connectivity index is 2.67. The number of ether oxygens (including phenoxy) is 1. The molecule has 124 valence electrons. The molecule has 5 nitrogen and oxygen atoms in total. The predicted molar refractivity (Wildman–Crippen MR) is 85.7 cm³/mol. The van der Waals surface area contributed by atoms with Crippen molar-refractivity contribution < 1.29 is 19.4 Å². The van der Waals surface area contributed by atoms with E-state index in [1.807, 2.05) is 47.7 Å². The van der Waals surface area contributed by atoms with E-state index >= 15 is 0 Å². The molecule has 1 amide bonds. The van der Waals surface area contributed by atoms with Crippen molar-refractivity contribution in [3.05, 3.63) is 0 Å². The Morgan fingerprint density at radius 3 is 2.19 bits per heavy atom. The summed E-state index contributed by atoms with van der Waals surface area (Å²) < 4.78 is 5.35. The second-order valence-corrected chi connectivity index (χ2v) is 12.8. The van der Waals surface area contributed by atoms with Crippen LogP contribution in [-0.4, -0.2) is 54.0 Å². The smallest absolute Gasteiger partial charge is 0.410 e. The summed E-state index contributed by atoms with van der Waals surface area (Å²) in [5.74, 6) is -0.00792. The number of carbonyl (C=O) groups is 1. The largest absolute Gasteiger partial charge is 0.444 e. The number of β-amino-alcohol motifs (C(OH)–C–C–N with tert-alkyl or cyclic N) is 1. The number of aliphatic hydroxyl groups is 1. The zero-order valence-corrected chi connectivity index (χ0v) is 15.4.